The Hall–Kier alpha value is -2.92. The summed E-state index contributed by atoms with van der Waals surface area (Å²) in [5, 5.41) is 12.3. The second-order valence-electron chi connectivity index (χ2n) is 13.2. The van der Waals surface area contributed by atoms with Crippen molar-refractivity contribution < 1.29 is 52.4 Å². The van der Waals surface area contributed by atoms with Gasteiger partial charge in [0.1, 0.15) is 36.1 Å². The van der Waals surface area contributed by atoms with Gasteiger partial charge in [0.05, 0.1) is 34.9 Å². The Kier molecular flexibility index (Phi) is 8.61. The SMILES string of the molecule is CC[C@@H](C)C(=O)O[C@H]1[C@@H](OC(=O)C(C)C)C[C@@](C)(O)[C@@]23C[C@@H](C[C@H](OC(=O)c4ccoc4)[C@]12COC(C)=O)C(C)(C)O3. The normalized spacial score (nSPS) is 35.6. The average molecular weight is 593 g/mol. The van der Waals surface area contributed by atoms with Crippen molar-refractivity contribution in [1.29, 1.82) is 0 Å². The van der Waals surface area contributed by atoms with Crippen LogP contribution in [-0.4, -0.2) is 70.7 Å². The predicted molar refractivity (Wildman–Crippen MR) is 147 cm³/mol. The Bertz CT molecular complexity index is 1190. The fourth-order valence-electron chi connectivity index (χ4n) is 7.01. The molecule has 1 aromatic heterocycles. The number of carbonyl (C=O) groups excluding carboxylic acids is 4. The number of carbonyl (C=O) groups is 4. The van der Waals surface area contributed by atoms with Crippen LogP contribution in [0.1, 0.15) is 91.4 Å². The summed E-state index contributed by atoms with van der Waals surface area (Å²) >= 11 is 0. The average Bonchev–Trinajstić information content (AvgIpc) is 3.52. The molecule has 1 aliphatic heterocycles. The Morgan fingerprint density at radius 3 is 2.31 bits per heavy atom. The van der Waals surface area contributed by atoms with Crippen molar-refractivity contribution >= 4 is 23.9 Å². The highest BCUT2D eigenvalue weighted by Gasteiger charge is 2.81. The van der Waals surface area contributed by atoms with Gasteiger partial charge in [-0.15, -0.1) is 0 Å². The fourth-order valence-corrected chi connectivity index (χ4v) is 7.01. The van der Waals surface area contributed by atoms with Gasteiger partial charge in [0.2, 0.25) is 0 Å². The van der Waals surface area contributed by atoms with Crippen molar-refractivity contribution in [2.45, 2.75) is 116 Å². The summed E-state index contributed by atoms with van der Waals surface area (Å²) in [5.41, 5.74) is -5.52. The lowest BCUT2D eigenvalue weighted by molar-refractivity contribution is -0.337. The van der Waals surface area contributed by atoms with E-state index in [9.17, 15) is 24.3 Å². The number of fused-ring (bicyclic) bond motifs is 1. The van der Waals surface area contributed by atoms with Crippen molar-refractivity contribution in [3.8, 4) is 0 Å². The van der Waals surface area contributed by atoms with E-state index in [1.807, 2.05) is 20.8 Å². The molecule has 234 valence electrons. The van der Waals surface area contributed by atoms with E-state index >= 15 is 0 Å². The minimum Gasteiger partial charge on any atom is -0.472 e. The first kappa shape index (κ1) is 32.0. The maximum absolute atomic E-state index is 13.5. The molecule has 2 aliphatic carbocycles. The summed E-state index contributed by atoms with van der Waals surface area (Å²) in [6, 6.07) is 1.46. The monoisotopic (exact) mass is 592 g/mol. The molecule has 1 N–H and O–H groups in total. The molecule has 0 unspecified atom stereocenters. The van der Waals surface area contributed by atoms with Gasteiger partial charge in [0.25, 0.3) is 0 Å². The molecule has 0 radical (unpaired) electrons. The van der Waals surface area contributed by atoms with Crippen LogP contribution in [0.3, 0.4) is 0 Å². The van der Waals surface area contributed by atoms with Gasteiger partial charge >= 0.3 is 23.9 Å². The number of hydrogen-bond donors (Lipinski definition) is 1. The van der Waals surface area contributed by atoms with Crippen LogP contribution < -0.4 is 0 Å². The van der Waals surface area contributed by atoms with Crippen molar-refractivity contribution in [3.63, 3.8) is 0 Å². The van der Waals surface area contributed by atoms with Gasteiger partial charge in [-0.1, -0.05) is 27.7 Å². The Morgan fingerprint density at radius 2 is 1.74 bits per heavy atom. The summed E-state index contributed by atoms with van der Waals surface area (Å²) in [7, 11) is 0. The lowest BCUT2D eigenvalue weighted by Crippen LogP contribution is -2.80. The molecular weight excluding hydrogens is 548 g/mol. The Labute approximate surface area is 246 Å². The molecule has 11 heteroatoms. The van der Waals surface area contributed by atoms with Crippen molar-refractivity contribution in [2.24, 2.45) is 23.2 Å². The maximum atomic E-state index is 13.5. The van der Waals surface area contributed by atoms with Crippen LogP contribution in [0.4, 0.5) is 0 Å². The topological polar surface area (TPSA) is 148 Å². The van der Waals surface area contributed by atoms with Crippen LogP contribution in [0.2, 0.25) is 0 Å². The van der Waals surface area contributed by atoms with Crippen molar-refractivity contribution in [2.75, 3.05) is 6.61 Å². The Balaban J connectivity index is 1.97. The smallest absolute Gasteiger partial charge is 0.341 e. The first-order valence-electron chi connectivity index (χ1n) is 14.7. The molecule has 2 heterocycles. The molecule has 4 rings (SSSR count). The zero-order chi connectivity index (χ0) is 31.3. The van der Waals surface area contributed by atoms with Gasteiger partial charge in [-0.3, -0.25) is 14.4 Å². The summed E-state index contributed by atoms with van der Waals surface area (Å²) in [4.78, 5) is 52.3. The number of esters is 4. The molecule has 1 spiro atoms. The van der Waals surface area contributed by atoms with Gasteiger partial charge in [-0.05, 0) is 52.0 Å². The lowest BCUT2D eigenvalue weighted by atomic mass is 9.47. The minimum absolute atomic E-state index is 0.128. The van der Waals surface area contributed by atoms with Crippen LogP contribution in [0.25, 0.3) is 0 Å². The van der Waals surface area contributed by atoms with Crippen LogP contribution in [0, 0.1) is 23.2 Å². The van der Waals surface area contributed by atoms with E-state index in [1.54, 1.807) is 27.7 Å². The third kappa shape index (κ3) is 5.23. The van der Waals surface area contributed by atoms with Gasteiger partial charge < -0.3 is 33.2 Å². The minimum atomic E-state index is -1.69. The fraction of sp³-hybridized carbons (Fsp3) is 0.742. The number of ether oxygens (including phenoxy) is 5. The highest BCUT2D eigenvalue weighted by atomic mass is 16.6. The number of hydrogen-bond acceptors (Lipinski definition) is 11. The number of rotatable bonds is 9. The van der Waals surface area contributed by atoms with E-state index in [1.165, 1.54) is 25.5 Å². The van der Waals surface area contributed by atoms with Gasteiger partial charge in [0.15, 0.2) is 6.10 Å². The van der Waals surface area contributed by atoms with E-state index in [0.717, 1.165) is 0 Å². The zero-order valence-corrected chi connectivity index (χ0v) is 25.8. The van der Waals surface area contributed by atoms with Gasteiger partial charge in [-0.2, -0.15) is 0 Å². The molecule has 3 fully saturated rings. The largest absolute Gasteiger partial charge is 0.472 e. The Morgan fingerprint density at radius 1 is 1.05 bits per heavy atom. The second-order valence-corrected chi connectivity index (χ2v) is 13.2. The molecule has 2 saturated carbocycles. The van der Waals surface area contributed by atoms with E-state index in [4.69, 9.17) is 28.1 Å². The van der Waals surface area contributed by atoms with Gasteiger partial charge in [-0.25, -0.2) is 4.79 Å². The molecule has 0 amide bonds. The molecule has 2 bridgehead atoms. The zero-order valence-electron chi connectivity index (χ0n) is 25.8. The van der Waals surface area contributed by atoms with E-state index < -0.39 is 82.8 Å². The van der Waals surface area contributed by atoms with E-state index in [-0.39, 0.29) is 24.3 Å². The molecule has 0 aromatic carbocycles. The predicted octanol–water partition coefficient (Wildman–Crippen LogP) is 3.99. The first-order chi connectivity index (χ1) is 19.5. The molecule has 3 aliphatic rings. The second kappa shape index (κ2) is 11.3. The van der Waals surface area contributed by atoms with Crippen LogP contribution in [-0.2, 0) is 38.1 Å². The van der Waals surface area contributed by atoms with Crippen molar-refractivity contribution in [3.05, 3.63) is 24.2 Å². The maximum Gasteiger partial charge on any atom is 0.341 e. The quantitative estimate of drug-likeness (QED) is 0.328. The molecule has 11 nitrogen and oxygen atoms in total. The van der Waals surface area contributed by atoms with Gasteiger partial charge in [0, 0.05) is 13.3 Å². The summed E-state index contributed by atoms with van der Waals surface area (Å²) in [5.74, 6) is -3.69. The number of furan rings is 1. The lowest BCUT2D eigenvalue weighted by Gasteiger charge is -2.64. The van der Waals surface area contributed by atoms with E-state index in [2.05, 4.69) is 0 Å². The molecule has 42 heavy (non-hydrogen) atoms. The van der Waals surface area contributed by atoms with Crippen LogP contribution in [0.15, 0.2) is 23.0 Å². The summed E-state index contributed by atoms with van der Waals surface area (Å²) < 4.78 is 36.0. The first-order valence-corrected chi connectivity index (χ1v) is 14.7. The molecular formula is C31H44O11. The third-order valence-electron chi connectivity index (χ3n) is 9.61. The highest BCUT2D eigenvalue weighted by molar-refractivity contribution is 5.89. The molecule has 1 saturated heterocycles. The van der Waals surface area contributed by atoms with E-state index in [0.29, 0.717) is 12.8 Å². The van der Waals surface area contributed by atoms with Crippen molar-refractivity contribution in [1.82, 2.24) is 0 Å². The summed E-state index contributed by atoms with van der Waals surface area (Å²) in [6.45, 7) is 13.1. The number of aliphatic hydroxyl groups is 1. The third-order valence-corrected chi connectivity index (χ3v) is 9.61. The summed E-state index contributed by atoms with van der Waals surface area (Å²) in [6.07, 6.45) is -0.0491. The standard InChI is InChI=1S/C31H44O11/c1-9-18(4)26(34)41-24-22(39-25(33)17(2)3)14-29(8,36)31-13-21(28(6,7)42-31)12-23(30(24,31)16-38-19(5)32)40-27(35)20-10-11-37-15-20/h10-11,15,17-18,21-24,36H,9,12-14,16H2,1-8H3/t18-,21-,22+,23+,24+,29-,30-,31+/m1/s1. The highest BCUT2D eigenvalue weighted by Crippen LogP contribution is 2.68. The molecule has 1 aromatic rings. The van der Waals surface area contributed by atoms with Crippen LogP contribution in [0.5, 0.6) is 0 Å². The molecule has 8 atom stereocenters. The van der Waals surface area contributed by atoms with Crippen LogP contribution >= 0.6 is 0 Å².